The average molecular weight is 268 g/mol. The summed E-state index contributed by atoms with van der Waals surface area (Å²) < 4.78 is 0. The van der Waals surface area contributed by atoms with E-state index >= 15 is 0 Å². The minimum absolute atomic E-state index is 0.564. The number of allylic oxidation sites excluding steroid dienone is 6. The van der Waals surface area contributed by atoms with E-state index in [4.69, 9.17) is 0 Å². The SMILES string of the molecule is C1=CC2=c3ccc4c(C5=CC5)cccc4c3=CCC2C=C1. The van der Waals surface area contributed by atoms with Gasteiger partial charge in [0.05, 0.1) is 0 Å². The highest BCUT2D eigenvalue weighted by Crippen LogP contribution is 2.34. The van der Waals surface area contributed by atoms with Crippen LogP contribution in [0.2, 0.25) is 0 Å². The first-order chi connectivity index (χ1) is 10.4. The van der Waals surface area contributed by atoms with Crippen molar-refractivity contribution < 1.29 is 0 Å². The van der Waals surface area contributed by atoms with Crippen molar-refractivity contribution in [2.45, 2.75) is 12.8 Å². The second kappa shape index (κ2) is 4.08. The van der Waals surface area contributed by atoms with Crippen molar-refractivity contribution in [1.82, 2.24) is 0 Å². The van der Waals surface area contributed by atoms with E-state index in [-0.39, 0.29) is 0 Å². The molecule has 0 spiro atoms. The zero-order chi connectivity index (χ0) is 13.8. The molecule has 0 heteroatoms. The van der Waals surface area contributed by atoms with E-state index in [1.54, 1.807) is 0 Å². The summed E-state index contributed by atoms with van der Waals surface area (Å²) in [6.07, 6.45) is 16.0. The fraction of sp³-hybridized carbons (Fsp3) is 0.143. The third kappa shape index (κ3) is 1.62. The molecule has 3 aliphatic carbocycles. The van der Waals surface area contributed by atoms with Gasteiger partial charge in [0.2, 0.25) is 0 Å². The lowest BCUT2D eigenvalue weighted by Crippen LogP contribution is -2.33. The monoisotopic (exact) mass is 268 g/mol. The van der Waals surface area contributed by atoms with E-state index < -0.39 is 0 Å². The van der Waals surface area contributed by atoms with Gasteiger partial charge in [0.15, 0.2) is 0 Å². The van der Waals surface area contributed by atoms with Crippen LogP contribution in [0, 0.1) is 5.92 Å². The zero-order valence-corrected chi connectivity index (χ0v) is 11.8. The standard InChI is InChI=1S/C21H16/c1-2-5-16-14(4-1)10-11-21-18-7-3-6-17(15-8-9-15)19(18)12-13-20(16)21/h1-8,11-14H,9-10H2. The van der Waals surface area contributed by atoms with Crippen molar-refractivity contribution in [2.75, 3.05) is 0 Å². The molecule has 2 aromatic carbocycles. The van der Waals surface area contributed by atoms with Gasteiger partial charge in [-0.15, -0.1) is 0 Å². The Morgan fingerprint density at radius 2 is 1.86 bits per heavy atom. The van der Waals surface area contributed by atoms with Gasteiger partial charge in [-0.2, -0.15) is 0 Å². The molecule has 1 unspecified atom stereocenters. The number of fused-ring (bicyclic) bond motifs is 4. The predicted molar refractivity (Wildman–Crippen MR) is 90.1 cm³/mol. The minimum atomic E-state index is 0.564. The molecule has 0 aliphatic heterocycles. The van der Waals surface area contributed by atoms with Crippen molar-refractivity contribution >= 4 is 28.0 Å². The van der Waals surface area contributed by atoms with Gasteiger partial charge in [-0.1, -0.05) is 66.8 Å². The molecule has 0 heterocycles. The van der Waals surface area contributed by atoms with Crippen LogP contribution in [0.3, 0.4) is 0 Å². The molecule has 1 atom stereocenters. The highest BCUT2D eigenvalue weighted by atomic mass is 14.2. The number of benzene rings is 2. The van der Waals surface area contributed by atoms with Gasteiger partial charge in [0.1, 0.15) is 0 Å². The minimum Gasteiger partial charge on any atom is -0.0767 e. The highest BCUT2D eigenvalue weighted by Gasteiger charge is 2.17. The van der Waals surface area contributed by atoms with Gasteiger partial charge in [0, 0.05) is 5.92 Å². The topological polar surface area (TPSA) is 0 Å². The summed E-state index contributed by atoms with van der Waals surface area (Å²) in [7, 11) is 0. The molecule has 100 valence electrons. The summed E-state index contributed by atoms with van der Waals surface area (Å²) in [5, 5.41) is 5.67. The second-order valence-electron chi connectivity index (χ2n) is 6.11. The Labute approximate surface area is 124 Å². The third-order valence-electron chi connectivity index (χ3n) is 4.87. The molecule has 0 saturated heterocycles. The number of hydrogen-bond donors (Lipinski definition) is 0. The van der Waals surface area contributed by atoms with E-state index in [1.165, 1.54) is 37.9 Å². The molecular weight excluding hydrogens is 252 g/mol. The molecule has 0 saturated carbocycles. The van der Waals surface area contributed by atoms with E-state index in [0.717, 1.165) is 12.8 Å². The lowest BCUT2D eigenvalue weighted by atomic mass is 9.84. The molecule has 0 fully saturated rings. The molecule has 0 bridgehead atoms. The fourth-order valence-corrected chi connectivity index (χ4v) is 3.73. The van der Waals surface area contributed by atoms with Crippen LogP contribution in [0.25, 0.3) is 28.0 Å². The predicted octanol–water partition coefficient (Wildman–Crippen LogP) is 3.70. The Balaban J connectivity index is 1.92. The van der Waals surface area contributed by atoms with Gasteiger partial charge >= 0.3 is 0 Å². The maximum absolute atomic E-state index is 2.43. The Morgan fingerprint density at radius 1 is 0.905 bits per heavy atom. The summed E-state index contributed by atoms with van der Waals surface area (Å²) in [5.41, 5.74) is 4.41. The molecule has 3 aliphatic rings. The molecule has 0 N–H and O–H groups in total. The number of hydrogen-bond acceptors (Lipinski definition) is 0. The van der Waals surface area contributed by atoms with Crippen molar-refractivity contribution in [2.24, 2.45) is 5.92 Å². The van der Waals surface area contributed by atoms with Crippen LogP contribution < -0.4 is 10.4 Å². The molecule has 21 heavy (non-hydrogen) atoms. The van der Waals surface area contributed by atoms with Crippen LogP contribution >= 0.6 is 0 Å². The summed E-state index contributed by atoms with van der Waals surface area (Å²) in [6, 6.07) is 11.4. The Morgan fingerprint density at radius 3 is 2.76 bits per heavy atom. The molecule has 0 nitrogen and oxygen atoms in total. The summed E-state index contributed by atoms with van der Waals surface area (Å²) >= 11 is 0. The zero-order valence-electron chi connectivity index (χ0n) is 11.8. The van der Waals surface area contributed by atoms with Crippen LogP contribution in [0.1, 0.15) is 18.4 Å². The molecular formula is C21H16. The van der Waals surface area contributed by atoms with E-state index in [2.05, 4.69) is 66.8 Å². The van der Waals surface area contributed by atoms with Crippen LogP contribution in [0.15, 0.2) is 60.7 Å². The lowest BCUT2D eigenvalue weighted by Gasteiger charge is -2.20. The van der Waals surface area contributed by atoms with E-state index in [1.807, 2.05) is 0 Å². The lowest BCUT2D eigenvalue weighted by molar-refractivity contribution is 0.864. The van der Waals surface area contributed by atoms with Gasteiger partial charge in [-0.05, 0) is 50.8 Å². The molecule has 0 aromatic heterocycles. The van der Waals surface area contributed by atoms with Gasteiger partial charge < -0.3 is 0 Å². The maximum atomic E-state index is 2.43. The van der Waals surface area contributed by atoms with Crippen molar-refractivity contribution in [3.05, 3.63) is 76.7 Å². The average Bonchev–Trinajstić information content (AvgIpc) is 3.38. The van der Waals surface area contributed by atoms with Gasteiger partial charge in [-0.3, -0.25) is 0 Å². The van der Waals surface area contributed by atoms with Gasteiger partial charge in [0.25, 0.3) is 0 Å². The second-order valence-corrected chi connectivity index (χ2v) is 6.11. The first-order valence-electron chi connectivity index (χ1n) is 7.72. The maximum Gasteiger partial charge on any atom is 0.00620 e. The molecule has 0 amide bonds. The van der Waals surface area contributed by atoms with Crippen LogP contribution in [0.5, 0.6) is 0 Å². The third-order valence-corrected chi connectivity index (χ3v) is 4.87. The Kier molecular flexibility index (Phi) is 2.20. The first-order valence-corrected chi connectivity index (χ1v) is 7.72. The normalized spacial score (nSPS) is 21.6. The van der Waals surface area contributed by atoms with E-state index in [9.17, 15) is 0 Å². The van der Waals surface area contributed by atoms with Crippen molar-refractivity contribution in [1.29, 1.82) is 0 Å². The summed E-state index contributed by atoms with van der Waals surface area (Å²) in [5.74, 6) is 0.564. The van der Waals surface area contributed by atoms with Crippen molar-refractivity contribution in [3.8, 4) is 0 Å². The smallest absolute Gasteiger partial charge is 0.00620 e. The fourth-order valence-electron chi connectivity index (χ4n) is 3.73. The summed E-state index contributed by atoms with van der Waals surface area (Å²) in [6.45, 7) is 0. The van der Waals surface area contributed by atoms with Gasteiger partial charge in [-0.25, -0.2) is 0 Å². The van der Waals surface area contributed by atoms with Crippen LogP contribution in [-0.4, -0.2) is 0 Å². The quantitative estimate of drug-likeness (QED) is 0.739. The van der Waals surface area contributed by atoms with Crippen molar-refractivity contribution in [3.63, 3.8) is 0 Å². The molecule has 5 rings (SSSR count). The first kappa shape index (κ1) is 11.3. The molecule has 0 radical (unpaired) electrons. The summed E-state index contributed by atoms with van der Waals surface area (Å²) in [4.78, 5) is 0. The number of rotatable bonds is 1. The Bertz CT molecular complexity index is 981. The molecule has 2 aromatic rings. The van der Waals surface area contributed by atoms with Crippen LogP contribution in [-0.2, 0) is 0 Å². The highest BCUT2D eigenvalue weighted by molar-refractivity contribution is 5.98. The van der Waals surface area contributed by atoms with E-state index in [0.29, 0.717) is 5.92 Å². The Hall–Kier alpha value is -2.34. The largest absolute Gasteiger partial charge is 0.0767 e. The van der Waals surface area contributed by atoms with Crippen LogP contribution in [0.4, 0.5) is 0 Å².